The van der Waals surface area contributed by atoms with Gasteiger partial charge in [0.25, 0.3) is 0 Å². The summed E-state index contributed by atoms with van der Waals surface area (Å²) in [6, 6.07) is 12.1. The third-order valence-electron chi connectivity index (χ3n) is 4.97. The van der Waals surface area contributed by atoms with Crippen molar-refractivity contribution < 1.29 is 13.9 Å². The quantitative estimate of drug-likeness (QED) is 0.316. The van der Waals surface area contributed by atoms with Crippen LogP contribution in [-0.2, 0) is 17.6 Å². The van der Waals surface area contributed by atoms with E-state index in [0.717, 1.165) is 63.0 Å². The van der Waals surface area contributed by atoms with E-state index in [-0.39, 0.29) is 24.0 Å². The maximum Gasteiger partial charge on any atom is 0.193 e. The molecule has 0 aliphatic carbocycles. The molecule has 2 aromatic rings. The summed E-state index contributed by atoms with van der Waals surface area (Å²) in [5, 5.41) is 3.52. The van der Waals surface area contributed by atoms with Crippen molar-refractivity contribution in [3.63, 3.8) is 0 Å². The standard InChI is InChI=1S/C22H31N3O3.HI/c1-25(16-19-11-15-27-17-19)22(24-13-10-21-4-3-14-28-21)23-12-9-18-5-7-20(26-2)8-6-18;/h3-8,14,19H,9-13,15-17H2,1-2H3,(H,23,24);1H. The lowest BCUT2D eigenvalue weighted by Gasteiger charge is -2.25. The van der Waals surface area contributed by atoms with Gasteiger partial charge in [0.2, 0.25) is 0 Å². The summed E-state index contributed by atoms with van der Waals surface area (Å²) >= 11 is 0. The van der Waals surface area contributed by atoms with Gasteiger partial charge < -0.3 is 24.1 Å². The summed E-state index contributed by atoms with van der Waals surface area (Å²) in [5.74, 6) is 3.36. The minimum Gasteiger partial charge on any atom is -0.497 e. The van der Waals surface area contributed by atoms with Crippen LogP contribution in [0.5, 0.6) is 5.75 Å². The Balaban J connectivity index is 0.00000300. The summed E-state index contributed by atoms with van der Waals surface area (Å²) in [5.41, 5.74) is 1.27. The molecule has 0 amide bonds. The molecule has 1 unspecified atom stereocenters. The van der Waals surface area contributed by atoms with Gasteiger partial charge >= 0.3 is 0 Å². The Bertz CT molecular complexity index is 713. The zero-order valence-corrected chi connectivity index (χ0v) is 19.6. The molecule has 0 spiro atoms. The number of nitrogens with one attached hydrogen (secondary N) is 1. The fourth-order valence-corrected chi connectivity index (χ4v) is 3.35. The number of methoxy groups -OCH3 is 1. The van der Waals surface area contributed by atoms with Gasteiger partial charge in [-0.2, -0.15) is 0 Å². The molecule has 29 heavy (non-hydrogen) atoms. The molecule has 6 nitrogen and oxygen atoms in total. The molecule has 1 aromatic heterocycles. The minimum atomic E-state index is 0. The van der Waals surface area contributed by atoms with E-state index in [1.54, 1.807) is 13.4 Å². The second-order valence-corrected chi connectivity index (χ2v) is 7.17. The Labute approximate surface area is 190 Å². The van der Waals surface area contributed by atoms with Crippen LogP contribution in [-0.4, -0.2) is 57.9 Å². The van der Waals surface area contributed by atoms with Crippen LogP contribution in [0, 0.1) is 5.92 Å². The number of aliphatic imine (C=N–C) groups is 1. The molecule has 1 saturated heterocycles. The topological polar surface area (TPSA) is 59.2 Å². The van der Waals surface area contributed by atoms with Gasteiger partial charge in [-0.05, 0) is 42.7 Å². The Morgan fingerprint density at radius 2 is 2.07 bits per heavy atom. The van der Waals surface area contributed by atoms with Gasteiger partial charge in [-0.15, -0.1) is 24.0 Å². The van der Waals surface area contributed by atoms with Crippen LogP contribution in [0.4, 0.5) is 0 Å². The van der Waals surface area contributed by atoms with Gasteiger partial charge in [-0.25, -0.2) is 0 Å². The van der Waals surface area contributed by atoms with Crippen LogP contribution in [0.2, 0.25) is 0 Å². The number of benzene rings is 1. The SMILES string of the molecule is COc1ccc(CCNC(=NCCc2ccco2)N(C)CC2CCOC2)cc1.I. The average Bonchev–Trinajstić information content (AvgIpc) is 3.41. The highest BCUT2D eigenvalue weighted by Crippen LogP contribution is 2.14. The smallest absolute Gasteiger partial charge is 0.193 e. The largest absolute Gasteiger partial charge is 0.497 e. The molecule has 1 aliphatic heterocycles. The maximum absolute atomic E-state index is 5.52. The van der Waals surface area contributed by atoms with Crippen LogP contribution in [0.15, 0.2) is 52.1 Å². The lowest BCUT2D eigenvalue weighted by molar-refractivity contribution is 0.181. The Morgan fingerprint density at radius 1 is 1.24 bits per heavy atom. The Hall–Kier alpha value is -1.74. The molecule has 1 aliphatic rings. The highest BCUT2D eigenvalue weighted by atomic mass is 127. The number of ether oxygens (including phenoxy) is 2. The normalized spacial score (nSPS) is 16.3. The predicted molar refractivity (Wildman–Crippen MR) is 126 cm³/mol. The molecule has 2 heterocycles. The van der Waals surface area contributed by atoms with E-state index in [2.05, 4.69) is 29.4 Å². The van der Waals surface area contributed by atoms with Crippen molar-refractivity contribution in [1.82, 2.24) is 10.2 Å². The van der Waals surface area contributed by atoms with E-state index in [0.29, 0.717) is 12.5 Å². The Morgan fingerprint density at radius 3 is 2.72 bits per heavy atom. The molecule has 160 valence electrons. The van der Waals surface area contributed by atoms with Crippen molar-refractivity contribution in [3.8, 4) is 5.75 Å². The first-order valence-electron chi connectivity index (χ1n) is 9.97. The summed E-state index contributed by atoms with van der Waals surface area (Å²) in [4.78, 5) is 7.03. The summed E-state index contributed by atoms with van der Waals surface area (Å²) < 4.78 is 16.1. The number of hydrogen-bond acceptors (Lipinski definition) is 4. The van der Waals surface area contributed by atoms with Gasteiger partial charge in [0, 0.05) is 45.6 Å². The number of hydrogen-bond donors (Lipinski definition) is 1. The molecule has 0 bridgehead atoms. The molecule has 1 fully saturated rings. The van der Waals surface area contributed by atoms with Crippen LogP contribution in [0.3, 0.4) is 0 Å². The number of guanidine groups is 1. The number of halogens is 1. The number of furan rings is 1. The lowest BCUT2D eigenvalue weighted by atomic mass is 10.1. The molecule has 3 rings (SSSR count). The van der Waals surface area contributed by atoms with E-state index >= 15 is 0 Å². The van der Waals surface area contributed by atoms with Gasteiger partial charge in [0.15, 0.2) is 5.96 Å². The average molecular weight is 513 g/mol. The van der Waals surface area contributed by atoms with Crippen LogP contribution < -0.4 is 10.1 Å². The minimum absolute atomic E-state index is 0. The van der Waals surface area contributed by atoms with Crippen molar-refractivity contribution in [2.24, 2.45) is 10.9 Å². The molecule has 1 atom stereocenters. The maximum atomic E-state index is 5.52. The number of rotatable bonds is 9. The van der Waals surface area contributed by atoms with Gasteiger partial charge in [0.1, 0.15) is 11.5 Å². The van der Waals surface area contributed by atoms with Gasteiger partial charge in [-0.1, -0.05) is 12.1 Å². The fourth-order valence-electron chi connectivity index (χ4n) is 3.35. The molecular formula is C22H32IN3O3. The fraction of sp³-hybridized carbons (Fsp3) is 0.500. The van der Waals surface area contributed by atoms with E-state index in [4.69, 9.17) is 18.9 Å². The van der Waals surface area contributed by atoms with Crippen molar-refractivity contribution >= 4 is 29.9 Å². The first kappa shape index (κ1) is 23.5. The van der Waals surface area contributed by atoms with Crippen molar-refractivity contribution in [1.29, 1.82) is 0 Å². The molecule has 1 N–H and O–H groups in total. The van der Waals surface area contributed by atoms with Crippen LogP contribution in [0.1, 0.15) is 17.7 Å². The van der Waals surface area contributed by atoms with Crippen molar-refractivity contribution in [2.75, 3.05) is 47.0 Å². The van der Waals surface area contributed by atoms with Crippen LogP contribution >= 0.6 is 24.0 Å². The van der Waals surface area contributed by atoms with E-state index in [1.807, 2.05) is 24.3 Å². The second-order valence-electron chi connectivity index (χ2n) is 7.17. The van der Waals surface area contributed by atoms with E-state index in [9.17, 15) is 0 Å². The molecule has 0 saturated carbocycles. The summed E-state index contributed by atoms with van der Waals surface area (Å²) in [7, 11) is 3.79. The summed E-state index contributed by atoms with van der Waals surface area (Å²) in [6.07, 6.45) is 4.56. The monoisotopic (exact) mass is 513 g/mol. The predicted octanol–water partition coefficient (Wildman–Crippen LogP) is 3.61. The third-order valence-corrected chi connectivity index (χ3v) is 4.97. The molecule has 0 radical (unpaired) electrons. The Kier molecular flexibility index (Phi) is 10.3. The second kappa shape index (κ2) is 12.7. The van der Waals surface area contributed by atoms with Crippen molar-refractivity contribution in [2.45, 2.75) is 19.3 Å². The first-order valence-corrected chi connectivity index (χ1v) is 9.97. The molecular weight excluding hydrogens is 481 g/mol. The first-order chi connectivity index (χ1) is 13.7. The van der Waals surface area contributed by atoms with E-state index < -0.39 is 0 Å². The lowest BCUT2D eigenvalue weighted by Crippen LogP contribution is -2.42. The van der Waals surface area contributed by atoms with Gasteiger partial charge in [-0.3, -0.25) is 4.99 Å². The van der Waals surface area contributed by atoms with Crippen LogP contribution in [0.25, 0.3) is 0 Å². The summed E-state index contributed by atoms with van der Waals surface area (Å²) in [6.45, 7) is 4.20. The zero-order valence-electron chi connectivity index (χ0n) is 17.3. The molecule has 7 heteroatoms. The number of nitrogens with zero attached hydrogens (tertiary/aromatic N) is 2. The third kappa shape index (κ3) is 7.89. The highest BCUT2D eigenvalue weighted by Gasteiger charge is 2.19. The van der Waals surface area contributed by atoms with Crippen molar-refractivity contribution in [3.05, 3.63) is 54.0 Å². The van der Waals surface area contributed by atoms with E-state index in [1.165, 1.54) is 5.56 Å². The highest BCUT2D eigenvalue weighted by molar-refractivity contribution is 14.0. The van der Waals surface area contributed by atoms with Gasteiger partial charge in [0.05, 0.1) is 20.0 Å². The molecule has 1 aromatic carbocycles. The zero-order chi connectivity index (χ0) is 19.6.